The topological polar surface area (TPSA) is 9.23 Å². The Labute approximate surface area is 132 Å². The Balaban J connectivity index is 0.00000225. The predicted molar refractivity (Wildman–Crippen MR) is 46.7 cm³/mol. The monoisotopic (exact) mass is 264 g/mol. The second-order valence-corrected chi connectivity index (χ2v) is 2.84. The number of benzene rings is 1. The molecule has 0 aliphatic rings. The van der Waals surface area contributed by atoms with Crippen LogP contribution in [0.1, 0.15) is 12.0 Å². The molecule has 0 amide bonds. The number of hydrogen-bond acceptors (Lipinski definition) is 1. The summed E-state index contributed by atoms with van der Waals surface area (Å²) >= 11 is 0. The summed E-state index contributed by atoms with van der Waals surface area (Å²) in [4.78, 5) is 0. The van der Waals surface area contributed by atoms with Gasteiger partial charge in [-0.15, -0.1) is 0 Å². The first-order valence-corrected chi connectivity index (χ1v) is 4.02. The van der Waals surface area contributed by atoms with Crippen LogP contribution < -0.4 is 61.6 Å². The SMILES string of the molecule is COc1cccc([B-](F)(F)F)c1C(F)F.[K+]. The first-order chi connectivity index (χ1) is 6.88. The standard InChI is InChI=1S/C8H7BF5O.K/c1-15-6-4-2-3-5(9(12,13)14)7(6)8(10)11;/h2-4,8H,1H3;/q-1;+1. The first-order valence-electron chi connectivity index (χ1n) is 4.02. The van der Waals surface area contributed by atoms with Crippen molar-refractivity contribution in [3.8, 4) is 5.75 Å². The van der Waals surface area contributed by atoms with Gasteiger partial charge in [0.2, 0.25) is 0 Å². The maximum atomic E-state index is 12.4. The summed E-state index contributed by atoms with van der Waals surface area (Å²) in [6.45, 7) is -5.45. The molecule has 0 aromatic heterocycles. The molecule has 1 nitrogen and oxygen atoms in total. The third kappa shape index (κ3) is 3.69. The van der Waals surface area contributed by atoms with E-state index in [1.165, 1.54) is 0 Å². The van der Waals surface area contributed by atoms with E-state index in [1.807, 2.05) is 0 Å². The maximum absolute atomic E-state index is 12.4. The second-order valence-electron chi connectivity index (χ2n) is 2.84. The fourth-order valence-corrected chi connectivity index (χ4v) is 1.26. The minimum Gasteiger partial charge on any atom is -0.496 e. The van der Waals surface area contributed by atoms with Gasteiger partial charge in [0, 0.05) is 5.56 Å². The van der Waals surface area contributed by atoms with Crippen LogP contribution in [-0.2, 0) is 0 Å². The van der Waals surface area contributed by atoms with Crippen molar-refractivity contribution in [1.82, 2.24) is 0 Å². The number of hydrogen-bond donors (Lipinski definition) is 0. The largest absolute Gasteiger partial charge is 1.00 e. The molecule has 0 fully saturated rings. The van der Waals surface area contributed by atoms with Gasteiger partial charge in [-0.25, -0.2) is 8.78 Å². The summed E-state index contributed by atoms with van der Waals surface area (Å²) in [6, 6.07) is 2.74. The molecule has 0 spiro atoms. The molecule has 0 aliphatic heterocycles. The van der Waals surface area contributed by atoms with Crippen LogP contribution in [0.4, 0.5) is 21.7 Å². The van der Waals surface area contributed by atoms with Crippen molar-refractivity contribution in [3.63, 3.8) is 0 Å². The van der Waals surface area contributed by atoms with E-state index >= 15 is 0 Å². The van der Waals surface area contributed by atoms with E-state index in [2.05, 4.69) is 4.74 Å². The number of rotatable bonds is 3. The summed E-state index contributed by atoms with van der Waals surface area (Å²) in [7, 11) is 1.05. The molecule has 0 atom stereocenters. The van der Waals surface area contributed by atoms with E-state index in [-0.39, 0.29) is 51.4 Å². The molecule has 16 heavy (non-hydrogen) atoms. The van der Waals surface area contributed by atoms with Crippen molar-refractivity contribution >= 4 is 12.4 Å². The van der Waals surface area contributed by atoms with Gasteiger partial charge >= 0.3 is 58.4 Å². The van der Waals surface area contributed by atoms with Gasteiger partial charge in [-0.3, -0.25) is 0 Å². The molecule has 1 rings (SSSR count). The van der Waals surface area contributed by atoms with Gasteiger partial charge in [0.15, 0.2) is 0 Å². The quantitative estimate of drug-likeness (QED) is 0.537. The summed E-state index contributed by atoms with van der Waals surface area (Å²) in [6.07, 6.45) is -3.21. The van der Waals surface area contributed by atoms with Crippen LogP contribution in [0.2, 0.25) is 0 Å². The Morgan fingerprint density at radius 2 is 1.75 bits per heavy atom. The molecule has 0 saturated carbocycles. The molecule has 0 aliphatic carbocycles. The predicted octanol–water partition coefficient (Wildman–Crippen LogP) is -0.309. The van der Waals surface area contributed by atoms with Crippen LogP contribution in [-0.4, -0.2) is 14.1 Å². The van der Waals surface area contributed by atoms with Crippen LogP contribution in [0, 0.1) is 0 Å². The van der Waals surface area contributed by atoms with Gasteiger partial charge in [-0.05, 0) is 6.07 Å². The maximum Gasteiger partial charge on any atom is 1.00 e. The van der Waals surface area contributed by atoms with Crippen molar-refractivity contribution < 1.29 is 77.8 Å². The Kier molecular flexibility index (Phi) is 6.49. The van der Waals surface area contributed by atoms with Crippen LogP contribution in [0.3, 0.4) is 0 Å². The minimum absolute atomic E-state index is 0. The van der Waals surface area contributed by atoms with E-state index in [1.54, 1.807) is 0 Å². The zero-order valence-electron chi connectivity index (χ0n) is 8.68. The van der Waals surface area contributed by atoms with E-state index in [4.69, 9.17) is 0 Å². The first kappa shape index (κ1) is 16.4. The number of methoxy groups -OCH3 is 1. The van der Waals surface area contributed by atoms with Crippen molar-refractivity contribution in [1.29, 1.82) is 0 Å². The van der Waals surface area contributed by atoms with Crippen LogP contribution in [0.5, 0.6) is 5.75 Å². The van der Waals surface area contributed by atoms with Crippen LogP contribution in [0.15, 0.2) is 18.2 Å². The van der Waals surface area contributed by atoms with Gasteiger partial charge in [0.05, 0.1) is 7.11 Å². The average Bonchev–Trinajstić information content (AvgIpc) is 2.15. The normalized spacial score (nSPS) is 11.2. The molecule has 8 heteroatoms. The van der Waals surface area contributed by atoms with E-state index in [0.717, 1.165) is 19.2 Å². The zero-order valence-corrected chi connectivity index (χ0v) is 11.8. The summed E-state index contributed by atoms with van der Waals surface area (Å²) in [5.41, 5.74) is -2.39. The zero-order chi connectivity index (χ0) is 11.6. The summed E-state index contributed by atoms with van der Waals surface area (Å²) in [5, 5.41) is 0. The summed E-state index contributed by atoms with van der Waals surface area (Å²) < 4.78 is 66.5. The average molecular weight is 264 g/mol. The summed E-state index contributed by atoms with van der Waals surface area (Å²) in [5.74, 6) is -0.443. The molecular weight excluding hydrogens is 257 g/mol. The fraction of sp³-hybridized carbons (Fsp3) is 0.250. The molecular formula is C8H7BF5KO. The van der Waals surface area contributed by atoms with E-state index in [0.29, 0.717) is 6.07 Å². The third-order valence-corrected chi connectivity index (χ3v) is 1.89. The van der Waals surface area contributed by atoms with Gasteiger partial charge in [0.1, 0.15) is 5.75 Å². The van der Waals surface area contributed by atoms with Crippen molar-refractivity contribution in [2.45, 2.75) is 6.43 Å². The Hall–Kier alpha value is 0.371. The van der Waals surface area contributed by atoms with Gasteiger partial charge < -0.3 is 17.7 Å². The molecule has 0 radical (unpaired) electrons. The number of ether oxygens (including phenoxy) is 1. The third-order valence-electron chi connectivity index (χ3n) is 1.89. The minimum atomic E-state index is -5.45. The smallest absolute Gasteiger partial charge is 0.496 e. The molecule has 0 bridgehead atoms. The number of halogens is 5. The van der Waals surface area contributed by atoms with Crippen molar-refractivity contribution in [2.24, 2.45) is 0 Å². The van der Waals surface area contributed by atoms with E-state index < -0.39 is 30.2 Å². The van der Waals surface area contributed by atoms with Gasteiger partial charge in [-0.1, -0.05) is 17.6 Å². The number of alkyl halides is 2. The van der Waals surface area contributed by atoms with Crippen molar-refractivity contribution in [3.05, 3.63) is 23.8 Å². The second kappa shape index (κ2) is 6.34. The Morgan fingerprint density at radius 3 is 2.12 bits per heavy atom. The van der Waals surface area contributed by atoms with Crippen LogP contribution in [0.25, 0.3) is 0 Å². The molecule has 0 unspecified atom stereocenters. The van der Waals surface area contributed by atoms with E-state index in [9.17, 15) is 21.7 Å². The molecule has 0 heterocycles. The molecule has 0 saturated heterocycles. The molecule has 84 valence electrons. The molecule has 0 N–H and O–H groups in total. The van der Waals surface area contributed by atoms with Gasteiger partial charge in [0.25, 0.3) is 6.43 Å². The molecule has 1 aromatic rings. The van der Waals surface area contributed by atoms with Gasteiger partial charge in [-0.2, -0.15) is 0 Å². The van der Waals surface area contributed by atoms with Crippen molar-refractivity contribution in [2.75, 3.05) is 7.11 Å². The van der Waals surface area contributed by atoms with Crippen LogP contribution >= 0.6 is 0 Å². The molecule has 1 aromatic carbocycles. The Bertz CT molecular complexity index is 355. The Morgan fingerprint density at radius 1 is 1.19 bits per heavy atom. The fourth-order valence-electron chi connectivity index (χ4n) is 1.26.